The van der Waals surface area contributed by atoms with Crippen molar-refractivity contribution in [3.8, 4) is 11.5 Å². The van der Waals surface area contributed by atoms with Crippen molar-refractivity contribution in [3.05, 3.63) is 59.9 Å². The van der Waals surface area contributed by atoms with E-state index >= 15 is 0 Å². The second-order valence-corrected chi connectivity index (χ2v) is 3.92. The molecule has 1 unspecified atom stereocenters. The number of carbonyl (C=O) groups is 1. The van der Waals surface area contributed by atoms with Crippen LogP contribution in [0.3, 0.4) is 0 Å². The van der Waals surface area contributed by atoms with Crippen LogP contribution in [0.25, 0.3) is 0 Å². The van der Waals surface area contributed by atoms with Gasteiger partial charge in [-0.25, -0.2) is 4.39 Å². The van der Waals surface area contributed by atoms with Crippen LogP contribution in [0.5, 0.6) is 11.5 Å². The molecule has 1 atom stereocenters. The number of rotatable bonds is 4. The summed E-state index contributed by atoms with van der Waals surface area (Å²) in [5, 5.41) is 8.83. The van der Waals surface area contributed by atoms with Crippen LogP contribution in [-0.4, -0.2) is 11.1 Å². The highest BCUT2D eigenvalue weighted by atomic mass is 19.1. The standard InChI is InChI=1S/C14H12FNO3/c15-11-7-6-9(13(16)14(17)18)8-12(11)19-10-4-2-1-3-5-10/h1-8,13H,16H2,(H,17,18). The van der Waals surface area contributed by atoms with Gasteiger partial charge in [0.2, 0.25) is 0 Å². The second kappa shape index (κ2) is 5.49. The van der Waals surface area contributed by atoms with Gasteiger partial charge in [-0.2, -0.15) is 0 Å². The second-order valence-electron chi connectivity index (χ2n) is 3.92. The summed E-state index contributed by atoms with van der Waals surface area (Å²) in [6.07, 6.45) is 0. The lowest BCUT2D eigenvalue weighted by molar-refractivity contribution is -0.138. The predicted molar refractivity (Wildman–Crippen MR) is 67.5 cm³/mol. The smallest absolute Gasteiger partial charge is 0.325 e. The fourth-order valence-electron chi connectivity index (χ4n) is 1.55. The van der Waals surface area contributed by atoms with Crippen molar-refractivity contribution in [2.75, 3.05) is 0 Å². The number of hydrogen-bond acceptors (Lipinski definition) is 3. The summed E-state index contributed by atoms with van der Waals surface area (Å²) in [5.41, 5.74) is 5.75. The van der Waals surface area contributed by atoms with Crippen LogP contribution < -0.4 is 10.5 Å². The van der Waals surface area contributed by atoms with Crippen LogP contribution in [0.2, 0.25) is 0 Å². The third-order valence-corrected chi connectivity index (χ3v) is 2.55. The Morgan fingerprint density at radius 1 is 1.21 bits per heavy atom. The number of nitrogens with two attached hydrogens (primary N) is 1. The molecule has 0 aliphatic heterocycles. The summed E-state index contributed by atoms with van der Waals surface area (Å²) in [4.78, 5) is 10.8. The molecule has 0 radical (unpaired) electrons. The van der Waals surface area contributed by atoms with E-state index in [4.69, 9.17) is 15.6 Å². The Labute approximate surface area is 109 Å². The highest BCUT2D eigenvalue weighted by molar-refractivity contribution is 5.75. The summed E-state index contributed by atoms with van der Waals surface area (Å²) in [6.45, 7) is 0. The molecule has 2 rings (SSSR count). The average molecular weight is 261 g/mol. The van der Waals surface area contributed by atoms with E-state index in [1.165, 1.54) is 12.1 Å². The van der Waals surface area contributed by atoms with Crippen LogP contribution in [0.1, 0.15) is 11.6 Å². The Bertz CT molecular complexity index is 586. The maximum Gasteiger partial charge on any atom is 0.325 e. The van der Waals surface area contributed by atoms with Gasteiger partial charge < -0.3 is 15.6 Å². The fraction of sp³-hybridized carbons (Fsp3) is 0.0714. The van der Waals surface area contributed by atoms with Crippen LogP contribution in [-0.2, 0) is 4.79 Å². The lowest BCUT2D eigenvalue weighted by Gasteiger charge is -2.11. The first kappa shape index (κ1) is 13.0. The molecule has 98 valence electrons. The Morgan fingerprint density at radius 3 is 2.53 bits per heavy atom. The largest absolute Gasteiger partial charge is 0.480 e. The summed E-state index contributed by atoms with van der Waals surface area (Å²) < 4.78 is 19.0. The Kier molecular flexibility index (Phi) is 3.77. The minimum Gasteiger partial charge on any atom is -0.480 e. The molecule has 19 heavy (non-hydrogen) atoms. The normalized spacial score (nSPS) is 11.9. The molecule has 3 N–H and O–H groups in total. The third kappa shape index (κ3) is 3.08. The first-order valence-corrected chi connectivity index (χ1v) is 5.58. The number of para-hydroxylation sites is 1. The lowest BCUT2D eigenvalue weighted by atomic mass is 10.1. The number of carboxylic acid groups (broad SMARTS) is 1. The molecule has 0 aromatic heterocycles. The molecule has 0 bridgehead atoms. The maximum atomic E-state index is 13.6. The Balaban J connectivity index is 2.30. The van der Waals surface area contributed by atoms with Gasteiger partial charge >= 0.3 is 5.97 Å². The topological polar surface area (TPSA) is 72.6 Å². The van der Waals surface area contributed by atoms with E-state index in [-0.39, 0.29) is 11.3 Å². The van der Waals surface area contributed by atoms with Crippen molar-refractivity contribution >= 4 is 5.97 Å². The lowest BCUT2D eigenvalue weighted by Crippen LogP contribution is -2.20. The van der Waals surface area contributed by atoms with Crippen LogP contribution in [0.15, 0.2) is 48.5 Å². The van der Waals surface area contributed by atoms with Crippen molar-refractivity contribution < 1.29 is 19.0 Å². The number of benzene rings is 2. The van der Waals surface area contributed by atoms with Crippen molar-refractivity contribution in [2.45, 2.75) is 6.04 Å². The quantitative estimate of drug-likeness (QED) is 0.887. The van der Waals surface area contributed by atoms with Crippen molar-refractivity contribution in [1.82, 2.24) is 0 Å². The molecule has 2 aromatic rings. The SMILES string of the molecule is NC(C(=O)O)c1ccc(F)c(Oc2ccccc2)c1. The summed E-state index contributed by atoms with van der Waals surface area (Å²) in [5.74, 6) is -1.36. The minimum absolute atomic E-state index is 0.0552. The van der Waals surface area contributed by atoms with Gasteiger partial charge in [0.1, 0.15) is 11.8 Å². The van der Waals surface area contributed by atoms with Gasteiger partial charge in [0.05, 0.1) is 0 Å². The Hall–Kier alpha value is -2.40. The number of carboxylic acids is 1. The summed E-state index contributed by atoms with van der Waals surface area (Å²) >= 11 is 0. The zero-order chi connectivity index (χ0) is 13.8. The molecular weight excluding hydrogens is 249 g/mol. The van der Waals surface area contributed by atoms with E-state index in [2.05, 4.69) is 0 Å². The van der Waals surface area contributed by atoms with Gasteiger partial charge in [-0.15, -0.1) is 0 Å². The fourth-order valence-corrected chi connectivity index (χ4v) is 1.55. The molecule has 0 aliphatic carbocycles. The third-order valence-electron chi connectivity index (χ3n) is 2.55. The molecule has 2 aromatic carbocycles. The Morgan fingerprint density at radius 2 is 1.89 bits per heavy atom. The van der Waals surface area contributed by atoms with Crippen LogP contribution >= 0.6 is 0 Å². The highest BCUT2D eigenvalue weighted by Crippen LogP contribution is 2.27. The molecule has 0 fully saturated rings. The van der Waals surface area contributed by atoms with Gasteiger partial charge in [0.15, 0.2) is 11.6 Å². The van der Waals surface area contributed by atoms with Crippen molar-refractivity contribution in [1.29, 1.82) is 0 Å². The van der Waals surface area contributed by atoms with E-state index in [1.54, 1.807) is 30.3 Å². The van der Waals surface area contributed by atoms with Gasteiger partial charge in [-0.05, 0) is 29.8 Å². The van der Waals surface area contributed by atoms with E-state index in [9.17, 15) is 9.18 Å². The maximum absolute atomic E-state index is 13.6. The van der Waals surface area contributed by atoms with Gasteiger partial charge in [0, 0.05) is 0 Å². The first-order chi connectivity index (χ1) is 9.08. The molecule has 0 aliphatic rings. The molecule has 0 spiro atoms. The van der Waals surface area contributed by atoms with Crippen LogP contribution in [0.4, 0.5) is 4.39 Å². The number of ether oxygens (including phenoxy) is 1. The van der Waals surface area contributed by atoms with Gasteiger partial charge in [0.25, 0.3) is 0 Å². The van der Waals surface area contributed by atoms with Crippen LogP contribution in [0, 0.1) is 5.82 Å². The van der Waals surface area contributed by atoms with E-state index in [1.807, 2.05) is 0 Å². The predicted octanol–water partition coefficient (Wildman–Crippen LogP) is 2.70. The number of aliphatic carboxylic acids is 1. The highest BCUT2D eigenvalue weighted by Gasteiger charge is 2.16. The van der Waals surface area contributed by atoms with Crippen molar-refractivity contribution in [3.63, 3.8) is 0 Å². The van der Waals surface area contributed by atoms with Gasteiger partial charge in [-0.3, -0.25) is 4.79 Å². The summed E-state index contributed by atoms with van der Waals surface area (Å²) in [7, 11) is 0. The molecule has 0 amide bonds. The zero-order valence-electron chi connectivity index (χ0n) is 9.92. The molecule has 0 heterocycles. The number of hydrogen-bond donors (Lipinski definition) is 2. The monoisotopic (exact) mass is 261 g/mol. The van der Waals surface area contributed by atoms with E-state index in [0.29, 0.717) is 5.75 Å². The average Bonchev–Trinajstić information content (AvgIpc) is 2.41. The molecule has 0 saturated heterocycles. The van der Waals surface area contributed by atoms with E-state index in [0.717, 1.165) is 6.07 Å². The zero-order valence-corrected chi connectivity index (χ0v) is 9.92. The molecule has 0 saturated carbocycles. The molecular formula is C14H12FNO3. The first-order valence-electron chi connectivity index (χ1n) is 5.58. The van der Waals surface area contributed by atoms with Crippen molar-refractivity contribution in [2.24, 2.45) is 5.73 Å². The summed E-state index contributed by atoms with van der Waals surface area (Å²) in [6, 6.07) is 11.2. The van der Waals surface area contributed by atoms with E-state index < -0.39 is 17.8 Å². The minimum atomic E-state index is -1.21. The number of halogens is 1. The van der Waals surface area contributed by atoms with Gasteiger partial charge in [-0.1, -0.05) is 24.3 Å². The molecule has 4 nitrogen and oxygen atoms in total. The molecule has 5 heteroatoms.